The first-order valence-corrected chi connectivity index (χ1v) is 10.5. The van der Waals surface area contributed by atoms with Gasteiger partial charge in [0.15, 0.2) is 0 Å². The molecule has 0 aliphatic rings. The van der Waals surface area contributed by atoms with E-state index in [0.717, 1.165) is 10.5 Å². The molecule has 1 heterocycles. The van der Waals surface area contributed by atoms with Crippen molar-refractivity contribution in [1.29, 1.82) is 0 Å². The fraction of sp³-hybridized carbons (Fsp3) is 0.158. The summed E-state index contributed by atoms with van der Waals surface area (Å²) in [5, 5.41) is 17.0. The quantitative estimate of drug-likeness (QED) is 0.513. The Bertz CT molecular complexity index is 946. The van der Waals surface area contributed by atoms with Gasteiger partial charge in [-0.3, -0.25) is 10.1 Å². The molecule has 0 fully saturated rings. The van der Waals surface area contributed by atoms with Crippen LogP contribution in [0.25, 0.3) is 0 Å². The lowest BCUT2D eigenvalue weighted by atomic mass is 10.2. The van der Waals surface area contributed by atoms with Gasteiger partial charge < -0.3 is 10.6 Å². The largest absolute Gasteiger partial charge is 0.352 e. The fourth-order valence-corrected chi connectivity index (χ4v) is 3.53. The van der Waals surface area contributed by atoms with Crippen LogP contribution < -0.4 is 16.0 Å². The summed E-state index contributed by atoms with van der Waals surface area (Å²) in [5.41, 5.74) is 1.71. The van der Waals surface area contributed by atoms with E-state index in [1.165, 1.54) is 11.3 Å². The molecule has 0 saturated carbocycles. The number of hydrogen-bond donors (Lipinski definition) is 3. The van der Waals surface area contributed by atoms with Gasteiger partial charge in [0.25, 0.3) is 0 Å². The predicted octanol–water partition coefficient (Wildman–Crippen LogP) is 3.76. The van der Waals surface area contributed by atoms with Crippen LogP contribution in [0.4, 0.5) is 15.6 Å². The summed E-state index contributed by atoms with van der Waals surface area (Å²) < 4.78 is 0. The van der Waals surface area contributed by atoms with Gasteiger partial charge >= 0.3 is 6.03 Å². The Labute approximate surface area is 171 Å². The number of nitrogens with zero attached hydrogens (tertiary/aromatic N) is 2. The number of rotatable bonds is 7. The standard InChI is InChI=1S/C19H19N5O2S2/c1-27-15-9-5-8-14(10-15)21-18(26)22-19-24-23-17(28-19)11-16(25)20-12-13-6-3-2-4-7-13/h2-10H,11-12H2,1H3,(H,20,25)(H2,21,22,24,26). The van der Waals surface area contributed by atoms with Crippen molar-refractivity contribution < 1.29 is 9.59 Å². The van der Waals surface area contributed by atoms with Crippen LogP contribution in [-0.2, 0) is 17.8 Å². The number of anilines is 2. The highest BCUT2D eigenvalue weighted by Gasteiger charge is 2.11. The first kappa shape index (κ1) is 19.8. The van der Waals surface area contributed by atoms with Gasteiger partial charge in [0.1, 0.15) is 5.01 Å². The third-order valence-corrected chi connectivity index (χ3v) is 5.22. The molecule has 3 rings (SSSR count). The summed E-state index contributed by atoms with van der Waals surface area (Å²) in [6, 6.07) is 16.8. The molecule has 144 valence electrons. The maximum Gasteiger partial charge on any atom is 0.325 e. The van der Waals surface area contributed by atoms with Crippen LogP contribution in [0.2, 0.25) is 0 Å². The second kappa shape index (κ2) is 9.86. The molecule has 0 radical (unpaired) electrons. The van der Waals surface area contributed by atoms with Gasteiger partial charge in [0, 0.05) is 17.1 Å². The maximum absolute atomic E-state index is 12.1. The average Bonchev–Trinajstić information content (AvgIpc) is 3.13. The molecule has 3 aromatic rings. The van der Waals surface area contributed by atoms with Crippen LogP contribution in [0.3, 0.4) is 0 Å². The van der Waals surface area contributed by atoms with Crippen molar-refractivity contribution in [2.45, 2.75) is 17.9 Å². The first-order valence-electron chi connectivity index (χ1n) is 8.47. The summed E-state index contributed by atoms with van der Waals surface area (Å²) in [6.45, 7) is 0.459. The monoisotopic (exact) mass is 413 g/mol. The molecule has 0 spiro atoms. The minimum absolute atomic E-state index is 0.115. The highest BCUT2D eigenvalue weighted by molar-refractivity contribution is 7.98. The molecular weight excluding hydrogens is 394 g/mol. The zero-order valence-electron chi connectivity index (χ0n) is 15.1. The van der Waals surface area contributed by atoms with E-state index in [1.54, 1.807) is 11.8 Å². The Balaban J connectivity index is 1.47. The van der Waals surface area contributed by atoms with E-state index in [4.69, 9.17) is 0 Å². The third kappa shape index (κ3) is 6.07. The number of benzene rings is 2. The summed E-state index contributed by atoms with van der Waals surface area (Å²) in [5.74, 6) is -0.148. The van der Waals surface area contributed by atoms with E-state index < -0.39 is 6.03 Å². The molecule has 3 N–H and O–H groups in total. The van der Waals surface area contributed by atoms with Gasteiger partial charge in [-0.1, -0.05) is 47.7 Å². The highest BCUT2D eigenvalue weighted by Crippen LogP contribution is 2.20. The van der Waals surface area contributed by atoms with E-state index in [-0.39, 0.29) is 12.3 Å². The fourth-order valence-electron chi connectivity index (χ4n) is 2.33. The summed E-state index contributed by atoms with van der Waals surface area (Å²) in [4.78, 5) is 25.2. The van der Waals surface area contributed by atoms with Crippen molar-refractivity contribution in [3.8, 4) is 0 Å². The van der Waals surface area contributed by atoms with Crippen molar-refractivity contribution >= 4 is 45.9 Å². The van der Waals surface area contributed by atoms with Crippen LogP contribution in [0.15, 0.2) is 59.5 Å². The topological polar surface area (TPSA) is 96.0 Å². The predicted molar refractivity (Wildman–Crippen MR) is 113 cm³/mol. The number of urea groups is 1. The Morgan fingerprint density at radius 2 is 1.86 bits per heavy atom. The molecule has 0 atom stereocenters. The molecule has 0 aliphatic heterocycles. The minimum Gasteiger partial charge on any atom is -0.352 e. The normalized spacial score (nSPS) is 10.3. The molecule has 0 saturated heterocycles. The highest BCUT2D eigenvalue weighted by atomic mass is 32.2. The molecule has 0 unspecified atom stereocenters. The lowest BCUT2D eigenvalue weighted by Crippen LogP contribution is -2.24. The van der Waals surface area contributed by atoms with Gasteiger partial charge in [-0.05, 0) is 30.0 Å². The maximum atomic E-state index is 12.1. The summed E-state index contributed by atoms with van der Waals surface area (Å²) >= 11 is 2.77. The number of nitrogens with one attached hydrogen (secondary N) is 3. The number of aromatic nitrogens is 2. The Kier molecular flexibility index (Phi) is 6.99. The van der Waals surface area contributed by atoms with E-state index in [9.17, 15) is 9.59 Å². The van der Waals surface area contributed by atoms with Crippen molar-refractivity contribution in [1.82, 2.24) is 15.5 Å². The second-order valence-corrected chi connectivity index (χ2v) is 7.69. The SMILES string of the molecule is CSc1cccc(NC(=O)Nc2nnc(CC(=O)NCc3ccccc3)s2)c1. The van der Waals surface area contributed by atoms with Crippen molar-refractivity contribution in [3.63, 3.8) is 0 Å². The van der Waals surface area contributed by atoms with E-state index in [0.29, 0.717) is 22.4 Å². The minimum atomic E-state index is -0.408. The lowest BCUT2D eigenvalue weighted by molar-refractivity contribution is -0.120. The van der Waals surface area contributed by atoms with Gasteiger partial charge in [-0.25, -0.2) is 4.79 Å². The summed E-state index contributed by atoms with van der Waals surface area (Å²) in [6.07, 6.45) is 2.08. The van der Waals surface area contributed by atoms with E-state index in [1.807, 2.05) is 60.9 Å². The molecule has 2 aromatic carbocycles. The smallest absolute Gasteiger partial charge is 0.325 e. The van der Waals surface area contributed by atoms with Crippen LogP contribution >= 0.6 is 23.1 Å². The van der Waals surface area contributed by atoms with E-state index >= 15 is 0 Å². The number of hydrogen-bond acceptors (Lipinski definition) is 6. The zero-order valence-corrected chi connectivity index (χ0v) is 16.8. The number of carbonyl (C=O) groups excluding carboxylic acids is 2. The molecule has 3 amide bonds. The second-order valence-electron chi connectivity index (χ2n) is 5.75. The molecule has 1 aromatic heterocycles. The number of amides is 3. The first-order chi connectivity index (χ1) is 13.6. The Hall–Kier alpha value is -2.91. The molecule has 7 nitrogen and oxygen atoms in total. The van der Waals surface area contributed by atoms with Crippen LogP contribution in [0.1, 0.15) is 10.6 Å². The molecule has 0 bridgehead atoms. The lowest BCUT2D eigenvalue weighted by Gasteiger charge is -2.06. The molecule has 28 heavy (non-hydrogen) atoms. The Morgan fingerprint density at radius 3 is 2.64 bits per heavy atom. The van der Waals surface area contributed by atoms with E-state index in [2.05, 4.69) is 26.1 Å². The average molecular weight is 414 g/mol. The van der Waals surface area contributed by atoms with Crippen LogP contribution in [-0.4, -0.2) is 28.4 Å². The van der Waals surface area contributed by atoms with Crippen LogP contribution in [0, 0.1) is 0 Å². The van der Waals surface area contributed by atoms with Gasteiger partial charge in [0.2, 0.25) is 11.0 Å². The van der Waals surface area contributed by atoms with Crippen molar-refractivity contribution in [3.05, 3.63) is 65.2 Å². The number of carbonyl (C=O) groups is 2. The van der Waals surface area contributed by atoms with Crippen LogP contribution in [0.5, 0.6) is 0 Å². The summed E-state index contributed by atoms with van der Waals surface area (Å²) in [7, 11) is 0. The van der Waals surface area contributed by atoms with Crippen molar-refractivity contribution in [2.75, 3.05) is 16.9 Å². The third-order valence-electron chi connectivity index (χ3n) is 3.66. The number of thioether (sulfide) groups is 1. The van der Waals surface area contributed by atoms with Gasteiger partial charge in [0.05, 0.1) is 6.42 Å². The zero-order chi connectivity index (χ0) is 19.8. The Morgan fingerprint density at radius 1 is 1.04 bits per heavy atom. The molecule has 0 aliphatic carbocycles. The molecule has 9 heteroatoms. The van der Waals surface area contributed by atoms with Gasteiger partial charge in [-0.2, -0.15) is 0 Å². The molecular formula is C19H19N5O2S2. The van der Waals surface area contributed by atoms with Gasteiger partial charge in [-0.15, -0.1) is 22.0 Å². The van der Waals surface area contributed by atoms with Crippen molar-refractivity contribution in [2.24, 2.45) is 0 Å².